The van der Waals surface area contributed by atoms with E-state index in [0.717, 1.165) is 18.4 Å². The monoisotopic (exact) mass is 286 g/mol. The summed E-state index contributed by atoms with van der Waals surface area (Å²) in [4.78, 5) is 19.1. The van der Waals surface area contributed by atoms with Gasteiger partial charge in [0.05, 0.1) is 31.5 Å². The zero-order valence-corrected chi connectivity index (χ0v) is 12.3. The van der Waals surface area contributed by atoms with E-state index in [-0.39, 0.29) is 11.9 Å². The summed E-state index contributed by atoms with van der Waals surface area (Å²) >= 11 is 0. The topological polar surface area (TPSA) is 51.1 Å². The molecule has 1 saturated heterocycles. The van der Waals surface area contributed by atoms with E-state index in [9.17, 15) is 4.79 Å². The number of amides is 1. The molecule has 3 rings (SSSR count). The Morgan fingerprint density at radius 2 is 2.00 bits per heavy atom. The highest BCUT2D eigenvalue weighted by molar-refractivity contribution is 6.03. The number of hydrogen-bond donors (Lipinski definition) is 0. The Morgan fingerprint density at radius 1 is 1.29 bits per heavy atom. The van der Waals surface area contributed by atoms with Gasteiger partial charge in [0.15, 0.2) is 11.5 Å². The number of hydrogen-bond acceptors (Lipinski definition) is 4. The third kappa shape index (κ3) is 2.28. The van der Waals surface area contributed by atoms with Crippen LogP contribution in [0.15, 0.2) is 29.3 Å². The highest BCUT2D eigenvalue weighted by atomic mass is 16.5. The van der Waals surface area contributed by atoms with Crippen LogP contribution >= 0.6 is 0 Å². The third-order valence-electron chi connectivity index (χ3n) is 3.97. The quantitative estimate of drug-likeness (QED) is 0.785. The van der Waals surface area contributed by atoms with Gasteiger partial charge in [-0.3, -0.25) is 9.79 Å². The Kier molecular flexibility index (Phi) is 3.41. The van der Waals surface area contributed by atoms with Crippen LogP contribution in [0.2, 0.25) is 0 Å². The van der Waals surface area contributed by atoms with Gasteiger partial charge in [-0.05, 0) is 18.9 Å². The van der Waals surface area contributed by atoms with Crippen LogP contribution in [0.3, 0.4) is 0 Å². The predicted molar refractivity (Wildman–Crippen MR) is 80.9 cm³/mol. The molecule has 0 spiro atoms. The van der Waals surface area contributed by atoms with Gasteiger partial charge < -0.3 is 14.4 Å². The molecule has 0 aliphatic carbocycles. The Balaban J connectivity index is 2.08. The number of rotatable bonds is 2. The van der Waals surface area contributed by atoms with Gasteiger partial charge in [-0.25, -0.2) is 0 Å². The van der Waals surface area contributed by atoms with Crippen LogP contribution < -0.4 is 9.47 Å². The van der Waals surface area contributed by atoms with Crippen molar-refractivity contribution in [1.29, 1.82) is 0 Å². The summed E-state index contributed by atoms with van der Waals surface area (Å²) in [7, 11) is 3.12. The van der Waals surface area contributed by atoms with E-state index in [1.54, 1.807) is 26.4 Å². The molecule has 0 aromatic heterocycles. The minimum Gasteiger partial charge on any atom is -0.493 e. The maximum atomic E-state index is 12.8. The average molecular weight is 286 g/mol. The summed E-state index contributed by atoms with van der Waals surface area (Å²) in [5.41, 5.74) is 2.25. The SMILES string of the molecule is C=C1CC[C@H]2C=Nc3cc(OC)c(OC)cc3C(=O)N2C1. The van der Waals surface area contributed by atoms with E-state index in [1.807, 2.05) is 11.1 Å². The molecule has 5 nitrogen and oxygen atoms in total. The number of fused-ring (bicyclic) bond motifs is 2. The van der Waals surface area contributed by atoms with E-state index in [4.69, 9.17) is 9.47 Å². The first kappa shape index (κ1) is 13.7. The lowest BCUT2D eigenvalue weighted by Crippen LogP contribution is -2.44. The molecule has 110 valence electrons. The standard InChI is InChI=1S/C16H18N2O3/c1-10-4-5-11-8-17-13-7-15(21-3)14(20-2)6-12(13)16(19)18(11)9-10/h6-8,11H,1,4-5,9H2,2-3H3/t11-/m0/s1. The Bertz CT molecular complexity index is 637. The second-order valence-electron chi connectivity index (χ2n) is 5.29. The van der Waals surface area contributed by atoms with Crippen molar-refractivity contribution in [3.05, 3.63) is 29.8 Å². The van der Waals surface area contributed by atoms with Crippen molar-refractivity contribution >= 4 is 17.8 Å². The zero-order chi connectivity index (χ0) is 15.0. The van der Waals surface area contributed by atoms with Crippen LogP contribution in [-0.2, 0) is 0 Å². The Labute approximate surface area is 123 Å². The van der Waals surface area contributed by atoms with Gasteiger partial charge >= 0.3 is 0 Å². The van der Waals surface area contributed by atoms with E-state index in [1.165, 1.54) is 0 Å². The van der Waals surface area contributed by atoms with E-state index in [0.29, 0.717) is 29.3 Å². The maximum Gasteiger partial charge on any atom is 0.257 e. The molecule has 5 heteroatoms. The van der Waals surface area contributed by atoms with Crippen LogP contribution in [0.25, 0.3) is 0 Å². The summed E-state index contributed by atoms with van der Waals surface area (Å²) in [6.45, 7) is 4.59. The first-order valence-electron chi connectivity index (χ1n) is 6.92. The number of carbonyl (C=O) groups excluding carboxylic acids is 1. The molecule has 2 heterocycles. The molecule has 2 aliphatic heterocycles. The molecular weight excluding hydrogens is 268 g/mol. The molecule has 0 unspecified atom stereocenters. The molecule has 0 radical (unpaired) electrons. The molecule has 1 aromatic rings. The van der Waals surface area contributed by atoms with Gasteiger partial charge in [0, 0.05) is 18.8 Å². The number of piperidine rings is 1. The molecule has 1 aromatic carbocycles. The van der Waals surface area contributed by atoms with Crippen molar-refractivity contribution in [1.82, 2.24) is 4.90 Å². The molecule has 0 saturated carbocycles. The molecule has 1 amide bonds. The van der Waals surface area contributed by atoms with Gasteiger partial charge in [-0.1, -0.05) is 12.2 Å². The Hall–Kier alpha value is -2.30. The van der Waals surface area contributed by atoms with E-state index in [2.05, 4.69) is 11.6 Å². The van der Waals surface area contributed by atoms with Crippen LogP contribution in [0.5, 0.6) is 11.5 Å². The van der Waals surface area contributed by atoms with Gasteiger partial charge in [0.2, 0.25) is 0 Å². The van der Waals surface area contributed by atoms with E-state index >= 15 is 0 Å². The van der Waals surface area contributed by atoms with Crippen molar-refractivity contribution in [3.8, 4) is 11.5 Å². The van der Waals surface area contributed by atoms with Crippen molar-refractivity contribution in [2.45, 2.75) is 18.9 Å². The fourth-order valence-electron chi connectivity index (χ4n) is 2.79. The fourth-order valence-corrected chi connectivity index (χ4v) is 2.79. The summed E-state index contributed by atoms with van der Waals surface area (Å²) in [5, 5.41) is 0. The summed E-state index contributed by atoms with van der Waals surface area (Å²) in [6, 6.07) is 3.48. The largest absolute Gasteiger partial charge is 0.493 e. The van der Waals surface area contributed by atoms with Gasteiger partial charge in [-0.2, -0.15) is 0 Å². The van der Waals surface area contributed by atoms with Crippen LogP contribution in [-0.4, -0.2) is 43.8 Å². The Morgan fingerprint density at radius 3 is 2.71 bits per heavy atom. The summed E-state index contributed by atoms with van der Waals surface area (Å²) in [6.07, 6.45) is 3.65. The summed E-state index contributed by atoms with van der Waals surface area (Å²) in [5.74, 6) is 1.08. The second kappa shape index (κ2) is 5.24. The third-order valence-corrected chi connectivity index (χ3v) is 3.97. The maximum absolute atomic E-state index is 12.8. The minimum absolute atomic E-state index is 0.0331. The van der Waals surface area contributed by atoms with Gasteiger partial charge in [0.25, 0.3) is 5.91 Å². The van der Waals surface area contributed by atoms with Crippen molar-refractivity contribution in [2.24, 2.45) is 4.99 Å². The highest BCUT2D eigenvalue weighted by Gasteiger charge is 2.32. The molecule has 0 bridgehead atoms. The van der Waals surface area contributed by atoms with Gasteiger partial charge in [-0.15, -0.1) is 0 Å². The highest BCUT2D eigenvalue weighted by Crippen LogP contribution is 2.37. The van der Waals surface area contributed by atoms with Crippen molar-refractivity contribution in [2.75, 3.05) is 20.8 Å². The lowest BCUT2D eigenvalue weighted by atomic mass is 9.99. The lowest BCUT2D eigenvalue weighted by Gasteiger charge is -2.33. The molecule has 21 heavy (non-hydrogen) atoms. The number of benzene rings is 1. The zero-order valence-electron chi connectivity index (χ0n) is 12.3. The molecule has 1 atom stereocenters. The van der Waals surface area contributed by atoms with Crippen LogP contribution in [0.1, 0.15) is 23.2 Å². The average Bonchev–Trinajstić information content (AvgIpc) is 2.63. The molecule has 2 aliphatic rings. The fraction of sp³-hybridized carbons (Fsp3) is 0.375. The minimum atomic E-state index is -0.0331. The predicted octanol–water partition coefficient (Wildman–Crippen LogP) is 2.58. The number of carbonyl (C=O) groups is 1. The molecular formula is C16H18N2O3. The first-order chi connectivity index (χ1) is 10.1. The second-order valence-corrected chi connectivity index (χ2v) is 5.29. The lowest BCUT2D eigenvalue weighted by molar-refractivity contribution is 0.0722. The first-order valence-corrected chi connectivity index (χ1v) is 6.92. The smallest absolute Gasteiger partial charge is 0.257 e. The van der Waals surface area contributed by atoms with Crippen molar-refractivity contribution in [3.63, 3.8) is 0 Å². The summed E-state index contributed by atoms with van der Waals surface area (Å²) < 4.78 is 10.6. The number of methoxy groups -OCH3 is 2. The van der Waals surface area contributed by atoms with Gasteiger partial charge in [0.1, 0.15) is 0 Å². The number of nitrogens with zero attached hydrogens (tertiary/aromatic N) is 2. The molecule has 1 fully saturated rings. The van der Waals surface area contributed by atoms with E-state index < -0.39 is 0 Å². The number of ether oxygens (including phenoxy) is 2. The van der Waals surface area contributed by atoms with Crippen LogP contribution in [0, 0.1) is 0 Å². The van der Waals surface area contributed by atoms with Crippen LogP contribution in [0.4, 0.5) is 5.69 Å². The molecule has 0 N–H and O–H groups in total. The normalized spacial score (nSPS) is 20.7. The van der Waals surface area contributed by atoms with Crippen molar-refractivity contribution < 1.29 is 14.3 Å². The number of aliphatic imine (C=N–C) groups is 1.